The average molecular weight is 606 g/mol. The molecule has 2 heterocycles. The minimum absolute atomic E-state index is 0.00816. The van der Waals surface area contributed by atoms with Gasteiger partial charge in [0.1, 0.15) is 17.0 Å². The number of amides is 3. The van der Waals surface area contributed by atoms with E-state index in [9.17, 15) is 22.8 Å². The Bertz CT molecular complexity index is 1640. The summed E-state index contributed by atoms with van der Waals surface area (Å²) in [5.74, 6) is 0.660. The van der Waals surface area contributed by atoms with Crippen molar-refractivity contribution in [1.29, 1.82) is 0 Å². The fourth-order valence-electron chi connectivity index (χ4n) is 5.36. The molecule has 3 aromatic carbocycles. The molecule has 0 spiro atoms. The Balaban J connectivity index is 1.27. The molecule has 1 unspecified atom stereocenters. The maximum absolute atomic E-state index is 13.7. The number of urea groups is 1. The van der Waals surface area contributed by atoms with Crippen molar-refractivity contribution in [3.05, 3.63) is 101 Å². The minimum Gasteiger partial charge on any atom is -0.493 e. The second-order valence-corrected chi connectivity index (χ2v) is 11.2. The molecule has 1 aliphatic heterocycles. The van der Waals surface area contributed by atoms with Gasteiger partial charge in [-0.15, -0.1) is 0 Å². The molecule has 0 bridgehead atoms. The molecular weight excluding hydrogens is 571 g/mol. The Kier molecular flexibility index (Phi) is 8.80. The highest BCUT2D eigenvalue weighted by Gasteiger charge is 2.48. The first-order valence-corrected chi connectivity index (χ1v) is 14.5. The number of nitrogens with one attached hydrogen (secondary N) is 1. The van der Waals surface area contributed by atoms with Gasteiger partial charge in [0.15, 0.2) is 0 Å². The minimum atomic E-state index is -4.56. The Morgan fingerprint density at radius 3 is 2.36 bits per heavy atom. The summed E-state index contributed by atoms with van der Waals surface area (Å²) >= 11 is 0. The number of unbranched alkanes of at least 4 members (excludes halogenated alkanes) is 1. The SMILES string of the molecule is CC(C)Oc1ccc(C2(C)NC(=O)N(CCCCOc3c(Cc4ccccc4)cnc4c(C(F)(F)F)cccc34)C2=O)cc1. The van der Waals surface area contributed by atoms with E-state index in [0.29, 0.717) is 41.9 Å². The maximum atomic E-state index is 13.7. The number of imide groups is 1. The molecule has 44 heavy (non-hydrogen) atoms. The highest BCUT2D eigenvalue weighted by Crippen LogP contribution is 2.38. The second kappa shape index (κ2) is 12.6. The van der Waals surface area contributed by atoms with E-state index in [1.807, 2.05) is 44.2 Å². The molecule has 1 N–H and O–H groups in total. The highest BCUT2D eigenvalue weighted by molar-refractivity contribution is 6.07. The third-order valence-electron chi connectivity index (χ3n) is 7.57. The van der Waals surface area contributed by atoms with E-state index in [0.717, 1.165) is 11.6 Å². The highest BCUT2D eigenvalue weighted by atomic mass is 19.4. The molecule has 0 radical (unpaired) electrons. The number of para-hydroxylation sites is 1. The molecule has 1 saturated heterocycles. The summed E-state index contributed by atoms with van der Waals surface area (Å²) in [4.78, 5) is 31.5. The van der Waals surface area contributed by atoms with Crippen molar-refractivity contribution in [2.75, 3.05) is 13.2 Å². The zero-order valence-corrected chi connectivity index (χ0v) is 24.8. The first-order chi connectivity index (χ1) is 21.0. The van der Waals surface area contributed by atoms with Gasteiger partial charge in [0, 0.05) is 30.1 Å². The van der Waals surface area contributed by atoms with Crippen LogP contribution in [0.25, 0.3) is 10.9 Å². The Morgan fingerprint density at radius 2 is 1.68 bits per heavy atom. The van der Waals surface area contributed by atoms with Gasteiger partial charge in [0.05, 0.1) is 23.8 Å². The van der Waals surface area contributed by atoms with Crippen LogP contribution in [-0.4, -0.2) is 41.1 Å². The van der Waals surface area contributed by atoms with E-state index in [1.54, 1.807) is 37.3 Å². The number of carbonyl (C=O) groups is 2. The normalized spacial score (nSPS) is 16.9. The van der Waals surface area contributed by atoms with E-state index in [1.165, 1.54) is 17.2 Å². The average Bonchev–Trinajstić information content (AvgIpc) is 3.21. The van der Waals surface area contributed by atoms with Gasteiger partial charge in [0.25, 0.3) is 5.91 Å². The maximum Gasteiger partial charge on any atom is 0.418 e. The third-order valence-corrected chi connectivity index (χ3v) is 7.57. The van der Waals surface area contributed by atoms with Crippen LogP contribution in [0.5, 0.6) is 11.5 Å². The lowest BCUT2D eigenvalue weighted by Gasteiger charge is -2.23. The number of aromatic nitrogens is 1. The molecule has 0 aliphatic carbocycles. The van der Waals surface area contributed by atoms with Gasteiger partial charge >= 0.3 is 12.2 Å². The van der Waals surface area contributed by atoms with Crippen LogP contribution in [0.2, 0.25) is 0 Å². The fraction of sp³-hybridized carbons (Fsp3) is 0.324. The fourth-order valence-corrected chi connectivity index (χ4v) is 5.36. The lowest BCUT2D eigenvalue weighted by atomic mass is 9.92. The Hall–Kier alpha value is -4.60. The van der Waals surface area contributed by atoms with Crippen molar-refractivity contribution in [3.8, 4) is 11.5 Å². The lowest BCUT2D eigenvalue weighted by molar-refractivity contribution is -0.136. The monoisotopic (exact) mass is 605 g/mol. The van der Waals surface area contributed by atoms with Crippen molar-refractivity contribution >= 4 is 22.8 Å². The van der Waals surface area contributed by atoms with Crippen LogP contribution >= 0.6 is 0 Å². The molecule has 4 aromatic rings. The topological polar surface area (TPSA) is 80.8 Å². The number of halogens is 3. The van der Waals surface area contributed by atoms with Crippen molar-refractivity contribution in [3.63, 3.8) is 0 Å². The largest absolute Gasteiger partial charge is 0.493 e. The molecule has 230 valence electrons. The van der Waals surface area contributed by atoms with E-state index in [2.05, 4.69) is 10.3 Å². The van der Waals surface area contributed by atoms with Gasteiger partial charge < -0.3 is 14.8 Å². The van der Waals surface area contributed by atoms with Crippen molar-refractivity contribution in [1.82, 2.24) is 15.2 Å². The van der Waals surface area contributed by atoms with E-state index in [4.69, 9.17) is 9.47 Å². The summed E-state index contributed by atoms with van der Waals surface area (Å²) in [6, 6.07) is 20.1. The summed E-state index contributed by atoms with van der Waals surface area (Å²) < 4.78 is 53.0. The number of fused-ring (bicyclic) bond motifs is 1. The van der Waals surface area contributed by atoms with Crippen LogP contribution in [0.1, 0.15) is 55.9 Å². The molecule has 1 aliphatic rings. The Morgan fingerprint density at radius 1 is 0.955 bits per heavy atom. The third kappa shape index (κ3) is 6.49. The number of hydrogen-bond donors (Lipinski definition) is 1. The number of carbonyl (C=O) groups excluding carboxylic acids is 2. The van der Waals surface area contributed by atoms with Crippen LogP contribution in [0.3, 0.4) is 0 Å². The van der Waals surface area contributed by atoms with Gasteiger partial charge in [-0.1, -0.05) is 48.5 Å². The molecule has 5 rings (SSSR count). The van der Waals surface area contributed by atoms with E-state index < -0.39 is 23.3 Å². The first kappa shape index (κ1) is 30.8. The number of nitrogens with zero attached hydrogens (tertiary/aromatic N) is 2. The molecule has 7 nitrogen and oxygen atoms in total. The number of rotatable bonds is 11. The van der Waals surface area contributed by atoms with Crippen molar-refractivity contribution < 1.29 is 32.2 Å². The quantitative estimate of drug-likeness (QED) is 0.144. The standard InChI is InChI=1S/C34H34F3N3O4/c1-22(2)44-26-16-14-25(15-17-26)33(3)31(41)40(32(42)39-33)18-7-8-19-43-30-24(20-23-10-5-4-6-11-23)21-38-29-27(30)12-9-13-28(29)34(35,36)37/h4-6,9-17,21-22H,7-8,18-20H2,1-3H3,(H,39,42). The predicted molar refractivity (Wildman–Crippen MR) is 161 cm³/mol. The van der Waals surface area contributed by atoms with Gasteiger partial charge in [0.2, 0.25) is 0 Å². The van der Waals surface area contributed by atoms with Crippen molar-refractivity contribution in [2.24, 2.45) is 0 Å². The molecule has 10 heteroatoms. The molecule has 1 atom stereocenters. The second-order valence-electron chi connectivity index (χ2n) is 11.2. The molecule has 3 amide bonds. The number of hydrogen-bond acceptors (Lipinski definition) is 5. The number of alkyl halides is 3. The summed E-state index contributed by atoms with van der Waals surface area (Å²) in [5.41, 5.74) is 0.0741. The first-order valence-electron chi connectivity index (χ1n) is 14.5. The summed E-state index contributed by atoms with van der Waals surface area (Å²) in [7, 11) is 0. The van der Waals surface area contributed by atoms with Crippen LogP contribution in [0, 0.1) is 0 Å². The van der Waals surface area contributed by atoms with Gasteiger partial charge in [-0.25, -0.2) is 4.79 Å². The zero-order chi connectivity index (χ0) is 31.5. The Labute approximate surface area is 254 Å². The van der Waals surface area contributed by atoms with Gasteiger partial charge in [-0.05, 0) is 69.0 Å². The van der Waals surface area contributed by atoms with Crippen LogP contribution < -0.4 is 14.8 Å². The van der Waals surface area contributed by atoms with Gasteiger partial charge in [-0.2, -0.15) is 13.2 Å². The smallest absolute Gasteiger partial charge is 0.418 e. The van der Waals surface area contributed by atoms with Gasteiger partial charge in [-0.3, -0.25) is 14.7 Å². The zero-order valence-electron chi connectivity index (χ0n) is 24.8. The van der Waals surface area contributed by atoms with Crippen molar-refractivity contribution in [2.45, 2.75) is 57.9 Å². The van der Waals surface area contributed by atoms with Crippen LogP contribution in [-0.2, 0) is 22.9 Å². The molecule has 1 fully saturated rings. The number of ether oxygens (including phenoxy) is 2. The molecule has 0 saturated carbocycles. The van der Waals surface area contributed by atoms with Crippen LogP contribution in [0.15, 0.2) is 79.0 Å². The number of pyridine rings is 1. The predicted octanol–water partition coefficient (Wildman–Crippen LogP) is 7.26. The lowest BCUT2D eigenvalue weighted by Crippen LogP contribution is -2.41. The van der Waals surface area contributed by atoms with E-state index >= 15 is 0 Å². The summed E-state index contributed by atoms with van der Waals surface area (Å²) in [6.07, 6.45) is -1.78. The molecule has 1 aromatic heterocycles. The van der Waals surface area contributed by atoms with Crippen LogP contribution in [0.4, 0.5) is 18.0 Å². The summed E-state index contributed by atoms with van der Waals surface area (Å²) in [6.45, 7) is 5.86. The number of benzene rings is 3. The summed E-state index contributed by atoms with van der Waals surface area (Å²) in [5, 5.41) is 3.09. The van der Waals surface area contributed by atoms with E-state index in [-0.39, 0.29) is 36.1 Å². The molecular formula is C34H34F3N3O4.